The van der Waals surface area contributed by atoms with Gasteiger partial charge in [-0.1, -0.05) is 18.5 Å². The van der Waals surface area contributed by atoms with Crippen molar-refractivity contribution in [2.24, 2.45) is 5.92 Å². The summed E-state index contributed by atoms with van der Waals surface area (Å²) in [5.41, 5.74) is -1.48. The fourth-order valence-corrected chi connectivity index (χ4v) is 2.72. The third-order valence-corrected chi connectivity index (χ3v) is 4.32. The smallest absolute Gasteiger partial charge is 0.360 e. The Labute approximate surface area is 148 Å². The molecule has 0 aliphatic carbocycles. The molecule has 2 rings (SSSR count). The number of amides is 1. The van der Waals surface area contributed by atoms with Gasteiger partial charge in [0, 0.05) is 24.3 Å². The number of carbonyl (C=O) groups excluding carboxylic acids is 1. The summed E-state index contributed by atoms with van der Waals surface area (Å²) >= 11 is 5.62. The number of carbonyl (C=O) groups is 1. The third-order valence-electron chi connectivity index (χ3n) is 4.08. The third kappa shape index (κ3) is 4.89. The molecule has 134 valence electrons. The summed E-state index contributed by atoms with van der Waals surface area (Å²) in [4.78, 5) is 13.9. The highest BCUT2D eigenvalue weighted by Crippen LogP contribution is 2.36. The van der Waals surface area contributed by atoms with Crippen LogP contribution < -0.4 is 5.32 Å². The number of anilines is 1. The molecule has 0 spiro atoms. The second-order valence-electron chi connectivity index (χ2n) is 5.98. The standard InChI is InChI=1S/C17H17ClF3N3O/c1-11-4-6-24(7-5-11)16(25)12(9-22)10-23-15-3-2-13(18)8-14(15)17(19,20)21/h2-3,8,10-11,23H,4-7H2,1H3/b12-10-. The lowest BCUT2D eigenvalue weighted by molar-refractivity contribution is -0.137. The lowest BCUT2D eigenvalue weighted by Crippen LogP contribution is -2.38. The highest BCUT2D eigenvalue weighted by atomic mass is 35.5. The molecule has 8 heteroatoms. The molecule has 1 N–H and O–H groups in total. The molecule has 0 bridgehead atoms. The van der Waals surface area contributed by atoms with Crippen molar-refractivity contribution in [3.05, 3.63) is 40.6 Å². The predicted octanol–water partition coefficient (Wildman–Crippen LogP) is 4.44. The Kier molecular flexibility index (Phi) is 5.96. The van der Waals surface area contributed by atoms with Gasteiger partial charge in [-0.25, -0.2) is 0 Å². The van der Waals surface area contributed by atoms with Crippen molar-refractivity contribution in [1.29, 1.82) is 5.26 Å². The number of likely N-dealkylation sites (tertiary alicyclic amines) is 1. The molecule has 0 atom stereocenters. The minimum Gasteiger partial charge on any atom is -0.360 e. The van der Waals surface area contributed by atoms with Gasteiger partial charge in [0.05, 0.1) is 11.3 Å². The van der Waals surface area contributed by atoms with Crippen LogP contribution in [0.25, 0.3) is 0 Å². The van der Waals surface area contributed by atoms with E-state index in [1.165, 1.54) is 6.07 Å². The van der Waals surface area contributed by atoms with Gasteiger partial charge >= 0.3 is 6.18 Å². The zero-order chi connectivity index (χ0) is 18.6. The number of hydrogen-bond donors (Lipinski definition) is 1. The average Bonchev–Trinajstić information content (AvgIpc) is 2.56. The molecule has 1 heterocycles. The molecule has 1 amide bonds. The summed E-state index contributed by atoms with van der Waals surface area (Å²) in [5.74, 6) is 0.0320. The molecule has 1 saturated heterocycles. The van der Waals surface area contributed by atoms with Crippen LogP contribution in [0.15, 0.2) is 30.0 Å². The summed E-state index contributed by atoms with van der Waals surface area (Å²) in [7, 11) is 0. The van der Waals surface area contributed by atoms with Crippen LogP contribution in [0, 0.1) is 17.2 Å². The van der Waals surface area contributed by atoms with Crippen LogP contribution in [-0.2, 0) is 11.0 Å². The first-order valence-electron chi connectivity index (χ1n) is 7.75. The highest BCUT2D eigenvalue weighted by molar-refractivity contribution is 6.30. The molecule has 25 heavy (non-hydrogen) atoms. The quantitative estimate of drug-likeness (QED) is 0.631. The molecule has 0 unspecified atom stereocenters. The summed E-state index contributed by atoms with van der Waals surface area (Å²) in [6.45, 7) is 3.16. The maximum Gasteiger partial charge on any atom is 0.418 e. The second-order valence-corrected chi connectivity index (χ2v) is 6.41. The van der Waals surface area contributed by atoms with E-state index >= 15 is 0 Å². The van der Waals surface area contributed by atoms with E-state index in [9.17, 15) is 23.2 Å². The first-order valence-corrected chi connectivity index (χ1v) is 8.13. The van der Waals surface area contributed by atoms with Gasteiger partial charge in [0.15, 0.2) is 0 Å². The lowest BCUT2D eigenvalue weighted by atomic mass is 9.99. The Bertz CT molecular complexity index is 717. The highest BCUT2D eigenvalue weighted by Gasteiger charge is 2.33. The van der Waals surface area contributed by atoms with Gasteiger partial charge in [0.25, 0.3) is 5.91 Å². The second kappa shape index (κ2) is 7.79. The summed E-state index contributed by atoms with van der Waals surface area (Å²) < 4.78 is 39.2. The van der Waals surface area contributed by atoms with Crippen molar-refractivity contribution in [3.8, 4) is 6.07 Å². The van der Waals surface area contributed by atoms with Crippen LogP contribution in [0.1, 0.15) is 25.3 Å². The first-order chi connectivity index (χ1) is 11.7. The minimum absolute atomic E-state index is 0.0547. The Morgan fingerprint density at radius 3 is 2.60 bits per heavy atom. The molecule has 0 aromatic heterocycles. The Morgan fingerprint density at radius 1 is 1.40 bits per heavy atom. The first kappa shape index (κ1) is 19.1. The summed E-state index contributed by atoms with van der Waals surface area (Å²) in [5, 5.41) is 11.5. The molecule has 0 saturated carbocycles. The number of nitrogens with one attached hydrogen (secondary N) is 1. The van der Waals surface area contributed by atoms with E-state index in [-0.39, 0.29) is 16.3 Å². The van der Waals surface area contributed by atoms with Crippen molar-refractivity contribution in [2.75, 3.05) is 18.4 Å². The Hall–Kier alpha value is -2.20. The topological polar surface area (TPSA) is 56.1 Å². The fourth-order valence-electron chi connectivity index (χ4n) is 2.55. The molecular formula is C17H17ClF3N3O. The molecule has 0 radical (unpaired) electrons. The molecule has 4 nitrogen and oxygen atoms in total. The van der Waals surface area contributed by atoms with Gasteiger partial charge in [-0.3, -0.25) is 4.79 Å². The SMILES string of the molecule is CC1CCN(C(=O)/C(C#N)=C\Nc2ccc(Cl)cc2C(F)(F)F)CC1. The number of hydrogen-bond acceptors (Lipinski definition) is 3. The number of halogens is 4. The number of nitrogens with zero attached hydrogens (tertiary/aromatic N) is 2. The largest absolute Gasteiger partial charge is 0.418 e. The zero-order valence-electron chi connectivity index (χ0n) is 13.5. The molecule has 1 aliphatic heterocycles. The van der Waals surface area contributed by atoms with Crippen LogP contribution in [0.5, 0.6) is 0 Å². The molecule has 1 aliphatic rings. The number of alkyl halides is 3. The van der Waals surface area contributed by atoms with Crippen LogP contribution in [0.4, 0.5) is 18.9 Å². The van der Waals surface area contributed by atoms with Crippen molar-refractivity contribution < 1.29 is 18.0 Å². The maximum absolute atomic E-state index is 13.1. The van der Waals surface area contributed by atoms with E-state index in [0.29, 0.717) is 19.0 Å². The Morgan fingerprint density at radius 2 is 2.04 bits per heavy atom. The van der Waals surface area contributed by atoms with E-state index in [0.717, 1.165) is 31.2 Å². The van der Waals surface area contributed by atoms with Crippen molar-refractivity contribution in [1.82, 2.24) is 4.90 Å². The van der Waals surface area contributed by atoms with Gasteiger partial charge < -0.3 is 10.2 Å². The Balaban J connectivity index is 2.19. The van der Waals surface area contributed by atoms with Crippen LogP contribution >= 0.6 is 11.6 Å². The number of benzene rings is 1. The number of piperidine rings is 1. The zero-order valence-corrected chi connectivity index (χ0v) is 14.3. The van der Waals surface area contributed by atoms with E-state index in [4.69, 9.17) is 11.6 Å². The molecule has 1 aromatic carbocycles. The van der Waals surface area contributed by atoms with E-state index in [1.807, 2.05) is 0 Å². The maximum atomic E-state index is 13.1. The molecule has 1 fully saturated rings. The number of rotatable bonds is 3. The van der Waals surface area contributed by atoms with Crippen molar-refractivity contribution >= 4 is 23.2 Å². The average molecular weight is 372 g/mol. The van der Waals surface area contributed by atoms with Crippen molar-refractivity contribution in [3.63, 3.8) is 0 Å². The van der Waals surface area contributed by atoms with Crippen LogP contribution in [0.3, 0.4) is 0 Å². The normalized spacial score (nSPS) is 16.5. The van der Waals surface area contributed by atoms with E-state index in [1.54, 1.807) is 11.0 Å². The monoisotopic (exact) mass is 371 g/mol. The summed E-state index contributed by atoms with van der Waals surface area (Å²) in [6.07, 6.45) is -1.92. The van der Waals surface area contributed by atoms with Gasteiger partial charge in [-0.05, 0) is 37.0 Å². The van der Waals surface area contributed by atoms with Gasteiger partial charge in [0.2, 0.25) is 0 Å². The number of nitriles is 1. The lowest BCUT2D eigenvalue weighted by Gasteiger charge is -2.30. The van der Waals surface area contributed by atoms with Crippen molar-refractivity contribution in [2.45, 2.75) is 25.9 Å². The van der Waals surface area contributed by atoms with E-state index in [2.05, 4.69) is 12.2 Å². The van der Waals surface area contributed by atoms with Gasteiger partial charge in [-0.2, -0.15) is 18.4 Å². The molecule has 1 aromatic rings. The van der Waals surface area contributed by atoms with Crippen LogP contribution in [0.2, 0.25) is 5.02 Å². The van der Waals surface area contributed by atoms with Crippen LogP contribution in [-0.4, -0.2) is 23.9 Å². The minimum atomic E-state index is -4.61. The fraction of sp³-hybridized carbons (Fsp3) is 0.412. The summed E-state index contributed by atoms with van der Waals surface area (Å²) in [6, 6.07) is 4.99. The van der Waals surface area contributed by atoms with Gasteiger partial charge in [-0.15, -0.1) is 0 Å². The van der Waals surface area contributed by atoms with E-state index < -0.39 is 17.6 Å². The molecular weight excluding hydrogens is 355 g/mol. The van der Waals surface area contributed by atoms with Gasteiger partial charge in [0.1, 0.15) is 11.6 Å². The predicted molar refractivity (Wildman–Crippen MR) is 88.8 cm³/mol.